The largest absolute Gasteiger partial charge is 0.310 e. The van der Waals surface area contributed by atoms with Crippen LogP contribution < -0.4 is 5.32 Å². The summed E-state index contributed by atoms with van der Waals surface area (Å²) in [7, 11) is 0. The van der Waals surface area contributed by atoms with Gasteiger partial charge in [0.1, 0.15) is 0 Å². The van der Waals surface area contributed by atoms with Crippen LogP contribution in [0.5, 0.6) is 0 Å². The molecule has 15 heavy (non-hydrogen) atoms. The summed E-state index contributed by atoms with van der Waals surface area (Å²) in [6, 6.07) is 4.72. The average molecular weight is 206 g/mol. The van der Waals surface area contributed by atoms with Gasteiger partial charge in [-0.3, -0.25) is 4.98 Å². The summed E-state index contributed by atoms with van der Waals surface area (Å²) in [5, 5.41) is 3.53. The second kappa shape index (κ2) is 7.41. The first kappa shape index (κ1) is 12.2. The lowest BCUT2D eigenvalue weighted by Crippen LogP contribution is -2.20. The van der Waals surface area contributed by atoms with E-state index in [2.05, 4.69) is 36.3 Å². The Morgan fingerprint density at radius 2 is 1.93 bits per heavy atom. The third kappa shape index (κ3) is 4.43. The lowest BCUT2D eigenvalue weighted by molar-refractivity contribution is 0.486. The molecule has 0 spiro atoms. The quantitative estimate of drug-likeness (QED) is 0.692. The van der Waals surface area contributed by atoms with E-state index in [1.54, 1.807) is 0 Å². The van der Waals surface area contributed by atoms with Crippen LogP contribution in [0.25, 0.3) is 0 Å². The summed E-state index contributed by atoms with van der Waals surface area (Å²) in [5.74, 6) is 0. The second-order valence-corrected chi connectivity index (χ2v) is 3.89. The number of aromatic nitrogens is 1. The Labute approximate surface area is 93.1 Å². The molecule has 2 heteroatoms. The van der Waals surface area contributed by atoms with Crippen LogP contribution >= 0.6 is 0 Å². The lowest BCUT2D eigenvalue weighted by Gasteiger charge is -2.17. The molecule has 0 aliphatic heterocycles. The van der Waals surface area contributed by atoms with E-state index in [0.717, 1.165) is 6.54 Å². The van der Waals surface area contributed by atoms with Crippen molar-refractivity contribution in [2.24, 2.45) is 0 Å². The molecule has 2 nitrogen and oxygen atoms in total. The molecule has 1 heterocycles. The molecule has 1 atom stereocenters. The minimum Gasteiger partial charge on any atom is -0.310 e. The summed E-state index contributed by atoms with van der Waals surface area (Å²) < 4.78 is 0. The number of nitrogens with one attached hydrogen (secondary N) is 1. The van der Waals surface area contributed by atoms with Crippen LogP contribution in [0.1, 0.15) is 51.1 Å². The monoisotopic (exact) mass is 206 g/mol. The van der Waals surface area contributed by atoms with Crippen LogP contribution in [-0.4, -0.2) is 11.5 Å². The zero-order chi connectivity index (χ0) is 10.9. The van der Waals surface area contributed by atoms with Crippen LogP contribution in [-0.2, 0) is 0 Å². The van der Waals surface area contributed by atoms with Crippen molar-refractivity contribution in [2.75, 3.05) is 6.54 Å². The molecule has 0 aliphatic rings. The Hall–Kier alpha value is -0.890. The zero-order valence-corrected chi connectivity index (χ0v) is 9.87. The SMILES string of the molecule is CCCCCC(NCC)c1ccncc1. The van der Waals surface area contributed by atoms with Crippen molar-refractivity contribution in [2.45, 2.75) is 45.6 Å². The molecule has 0 aromatic carbocycles. The third-order valence-electron chi connectivity index (χ3n) is 2.66. The Balaban J connectivity index is 2.50. The first-order chi connectivity index (χ1) is 7.38. The summed E-state index contributed by atoms with van der Waals surface area (Å²) in [6.07, 6.45) is 8.89. The van der Waals surface area contributed by atoms with Crippen LogP contribution in [0.4, 0.5) is 0 Å². The van der Waals surface area contributed by atoms with Gasteiger partial charge in [-0.25, -0.2) is 0 Å². The predicted octanol–water partition coefficient (Wildman–Crippen LogP) is 3.31. The van der Waals surface area contributed by atoms with Crippen molar-refractivity contribution in [3.8, 4) is 0 Å². The molecule has 1 rings (SSSR count). The smallest absolute Gasteiger partial charge is 0.0321 e. The highest BCUT2D eigenvalue weighted by Crippen LogP contribution is 2.18. The van der Waals surface area contributed by atoms with E-state index < -0.39 is 0 Å². The maximum atomic E-state index is 4.06. The van der Waals surface area contributed by atoms with Gasteiger partial charge in [-0.1, -0.05) is 33.1 Å². The molecule has 1 unspecified atom stereocenters. The van der Waals surface area contributed by atoms with Gasteiger partial charge in [-0.15, -0.1) is 0 Å². The Morgan fingerprint density at radius 3 is 2.53 bits per heavy atom. The molecule has 0 fully saturated rings. The molecule has 0 amide bonds. The van der Waals surface area contributed by atoms with Gasteiger partial charge in [0.05, 0.1) is 0 Å². The third-order valence-corrected chi connectivity index (χ3v) is 2.66. The molecular weight excluding hydrogens is 184 g/mol. The number of nitrogens with zero attached hydrogens (tertiary/aromatic N) is 1. The minimum atomic E-state index is 0.504. The van der Waals surface area contributed by atoms with Crippen molar-refractivity contribution in [1.82, 2.24) is 10.3 Å². The van der Waals surface area contributed by atoms with Gasteiger partial charge in [0, 0.05) is 18.4 Å². The van der Waals surface area contributed by atoms with Crippen molar-refractivity contribution in [3.63, 3.8) is 0 Å². The molecule has 84 valence electrons. The average Bonchev–Trinajstić information content (AvgIpc) is 2.29. The zero-order valence-electron chi connectivity index (χ0n) is 9.87. The molecule has 0 saturated heterocycles. The van der Waals surface area contributed by atoms with Gasteiger partial charge in [0.25, 0.3) is 0 Å². The van der Waals surface area contributed by atoms with E-state index in [9.17, 15) is 0 Å². The maximum absolute atomic E-state index is 4.06. The van der Waals surface area contributed by atoms with Gasteiger partial charge >= 0.3 is 0 Å². The number of pyridine rings is 1. The highest BCUT2D eigenvalue weighted by molar-refractivity contribution is 5.14. The standard InChI is InChI=1S/C13H22N2/c1-3-5-6-7-13(15-4-2)12-8-10-14-11-9-12/h8-11,13,15H,3-7H2,1-2H3. The molecule has 0 bridgehead atoms. The fourth-order valence-corrected chi connectivity index (χ4v) is 1.83. The summed E-state index contributed by atoms with van der Waals surface area (Å²) in [5.41, 5.74) is 1.36. The van der Waals surface area contributed by atoms with E-state index in [-0.39, 0.29) is 0 Å². The minimum absolute atomic E-state index is 0.504. The molecule has 1 aromatic heterocycles. The van der Waals surface area contributed by atoms with E-state index in [0.29, 0.717) is 6.04 Å². The van der Waals surface area contributed by atoms with Crippen molar-refractivity contribution < 1.29 is 0 Å². The van der Waals surface area contributed by atoms with Crippen molar-refractivity contribution >= 4 is 0 Å². The molecule has 0 aliphatic carbocycles. The number of unbranched alkanes of at least 4 members (excludes halogenated alkanes) is 2. The predicted molar refractivity (Wildman–Crippen MR) is 64.8 cm³/mol. The Morgan fingerprint density at radius 1 is 1.20 bits per heavy atom. The fourth-order valence-electron chi connectivity index (χ4n) is 1.83. The normalized spacial score (nSPS) is 12.7. The lowest BCUT2D eigenvalue weighted by atomic mass is 10.0. The highest BCUT2D eigenvalue weighted by atomic mass is 14.9. The van der Waals surface area contributed by atoms with Crippen molar-refractivity contribution in [3.05, 3.63) is 30.1 Å². The van der Waals surface area contributed by atoms with E-state index in [1.165, 1.54) is 31.2 Å². The summed E-state index contributed by atoms with van der Waals surface area (Å²) in [4.78, 5) is 4.06. The van der Waals surface area contributed by atoms with Crippen LogP contribution in [0.2, 0.25) is 0 Å². The second-order valence-electron chi connectivity index (χ2n) is 3.89. The van der Waals surface area contributed by atoms with E-state index >= 15 is 0 Å². The van der Waals surface area contributed by atoms with Crippen LogP contribution in [0.15, 0.2) is 24.5 Å². The molecule has 0 radical (unpaired) electrons. The van der Waals surface area contributed by atoms with Gasteiger partial charge < -0.3 is 5.32 Å². The van der Waals surface area contributed by atoms with E-state index in [4.69, 9.17) is 0 Å². The topological polar surface area (TPSA) is 24.9 Å². The van der Waals surface area contributed by atoms with Gasteiger partial charge in [0.15, 0.2) is 0 Å². The Kier molecular flexibility index (Phi) is 6.02. The fraction of sp³-hybridized carbons (Fsp3) is 0.615. The summed E-state index contributed by atoms with van der Waals surface area (Å²) in [6.45, 7) is 5.43. The van der Waals surface area contributed by atoms with E-state index in [1.807, 2.05) is 12.4 Å². The molecule has 1 N–H and O–H groups in total. The number of rotatable bonds is 7. The van der Waals surface area contributed by atoms with Gasteiger partial charge in [-0.2, -0.15) is 0 Å². The number of hydrogen-bond acceptors (Lipinski definition) is 2. The van der Waals surface area contributed by atoms with Gasteiger partial charge in [0.2, 0.25) is 0 Å². The first-order valence-corrected chi connectivity index (χ1v) is 6.01. The van der Waals surface area contributed by atoms with Crippen molar-refractivity contribution in [1.29, 1.82) is 0 Å². The Bertz CT molecular complexity index is 246. The maximum Gasteiger partial charge on any atom is 0.0321 e. The van der Waals surface area contributed by atoms with Crippen LogP contribution in [0, 0.1) is 0 Å². The summed E-state index contributed by atoms with van der Waals surface area (Å²) >= 11 is 0. The van der Waals surface area contributed by atoms with Gasteiger partial charge in [-0.05, 0) is 30.7 Å². The highest BCUT2D eigenvalue weighted by Gasteiger charge is 2.08. The molecule has 0 saturated carbocycles. The molecular formula is C13H22N2. The first-order valence-electron chi connectivity index (χ1n) is 6.01. The number of hydrogen-bond donors (Lipinski definition) is 1. The van der Waals surface area contributed by atoms with Crippen LogP contribution in [0.3, 0.4) is 0 Å². The molecule has 1 aromatic rings.